The lowest BCUT2D eigenvalue weighted by Crippen LogP contribution is -2.17. The van der Waals surface area contributed by atoms with Crippen molar-refractivity contribution in [3.8, 4) is 5.75 Å². The average Bonchev–Trinajstić information content (AvgIpc) is 2.62. The maximum atomic E-state index is 12.7. The van der Waals surface area contributed by atoms with Crippen LogP contribution in [0.25, 0.3) is 0 Å². The van der Waals surface area contributed by atoms with Crippen molar-refractivity contribution in [2.24, 2.45) is 0 Å². The van der Waals surface area contributed by atoms with Gasteiger partial charge >= 0.3 is 5.97 Å². The van der Waals surface area contributed by atoms with E-state index in [4.69, 9.17) is 4.74 Å². The normalized spacial score (nSPS) is 11.7. The molecule has 2 rings (SSSR count). The van der Waals surface area contributed by atoms with Gasteiger partial charge in [0, 0.05) is 11.9 Å². The van der Waals surface area contributed by atoms with Gasteiger partial charge in [0.1, 0.15) is 5.75 Å². The Bertz CT molecular complexity index is 827. The Kier molecular flexibility index (Phi) is 5.59. The third-order valence-electron chi connectivity index (χ3n) is 3.19. The number of methoxy groups -OCH3 is 2. The van der Waals surface area contributed by atoms with E-state index in [2.05, 4.69) is 10.1 Å². The highest BCUT2D eigenvalue weighted by molar-refractivity contribution is 7.96. The van der Waals surface area contributed by atoms with Crippen molar-refractivity contribution in [3.63, 3.8) is 0 Å². The average molecular weight is 347 g/mol. The van der Waals surface area contributed by atoms with Crippen molar-refractivity contribution in [2.45, 2.75) is 4.90 Å². The van der Waals surface area contributed by atoms with Gasteiger partial charge in [0.05, 0.1) is 19.1 Å². The molecule has 0 bridgehead atoms. The van der Waals surface area contributed by atoms with Crippen molar-refractivity contribution in [3.05, 3.63) is 65.7 Å². The first kappa shape index (κ1) is 17.6. The highest BCUT2D eigenvalue weighted by Crippen LogP contribution is 2.23. The molecule has 0 fully saturated rings. The maximum Gasteiger partial charge on any atom is 0.351 e. The van der Waals surface area contributed by atoms with E-state index in [9.17, 15) is 13.2 Å². The molecule has 0 aliphatic rings. The van der Waals surface area contributed by atoms with E-state index in [0.717, 1.165) is 13.3 Å². The minimum Gasteiger partial charge on any atom is -0.497 e. The first-order chi connectivity index (χ1) is 11.5. The molecule has 0 unspecified atom stereocenters. The van der Waals surface area contributed by atoms with E-state index in [1.807, 2.05) is 6.07 Å². The number of esters is 1. The monoisotopic (exact) mass is 347 g/mol. The molecule has 1 N–H and O–H groups in total. The van der Waals surface area contributed by atoms with Crippen LogP contribution in [-0.4, -0.2) is 28.6 Å². The lowest BCUT2D eigenvalue weighted by Gasteiger charge is -2.09. The molecule has 0 heterocycles. The number of carbonyl (C=O) groups is 1. The van der Waals surface area contributed by atoms with Crippen LogP contribution in [-0.2, 0) is 19.4 Å². The van der Waals surface area contributed by atoms with Gasteiger partial charge in [-0.05, 0) is 36.4 Å². The van der Waals surface area contributed by atoms with E-state index in [1.54, 1.807) is 24.3 Å². The fourth-order valence-corrected chi connectivity index (χ4v) is 3.18. The molecule has 0 atom stereocenters. The first-order valence-corrected chi connectivity index (χ1v) is 8.46. The second-order valence-corrected chi connectivity index (χ2v) is 6.61. The van der Waals surface area contributed by atoms with Crippen molar-refractivity contribution >= 4 is 21.5 Å². The van der Waals surface area contributed by atoms with Crippen molar-refractivity contribution < 1.29 is 22.7 Å². The number of sulfone groups is 1. The molecule has 0 spiro atoms. The Morgan fingerprint density at radius 2 is 1.62 bits per heavy atom. The molecule has 2 aromatic carbocycles. The topological polar surface area (TPSA) is 81.7 Å². The van der Waals surface area contributed by atoms with Crippen LogP contribution in [0.4, 0.5) is 5.69 Å². The molecule has 0 amide bonds. The van der Waals surface area contributed by atoms with Gasteiger partial charge in [-0.1, -0.05) is 18.2 Å². The number of benzene rings is 2. The van der Waals surface area contributed by atoms with Gasteiger partial charge < -0.3 is 14.8 Å². The van der Waals surface area contributed by atoms with Crippen LogP contribution in [0.1, 0.15) is 0 Å². The summed E-state index contributed by atoms with van der Waals surface area (Å²) in [7, 11) is -1.43. The zero-order valence-corrected chi connectivity index (χ0v) is 14.0. The van der Waals surface area contributed by atoms with Gasteiger partial charge in [-0.3, -0.25) is 0 Å². The molecule has 0 radical (unpaired) electrons. The van der Waals surface area contributed by atoms with Crippen LogP contribution < -0.4 is 10.1 Å². The molecule has 6 nitrogen and oxygen atoms in total. The number of anilines is 1. The largest absolute Gasteiger partial charge is 0.497 e. The summed E-state index contributed by atoms with van der Waals surface area (Å²) in [4.78, 5) is 11.4. The molecule has 2 aromatic rings. The summed E-state index contributed by atoms with van der Waals surface area (Å²) >= 11 is 0. The molecule has 0 aliphatic carbocycles. The van der Waals surface area contributed by atoms with E-state index >= 15 is 0 Å². The van der Waals surface area contributed by atoms with Crippen LogP contribution in [0, 0.1) is 0 Å². The number of hydrogen-bond acceptors (Lipinski definition) is 6. The lowest BCUT2D eigenvalue weighted by molar-refractivity contribution is -0.135. The number of nitrogens with one attached hydrogen (secondary N) is 1. The number of hydrogen-bond donors (Lipinski definition) is 1. The molecule has 0 aliphatic heterocycles. The first-order valence-electron chi connectivity index (χ1n) is 6.98. The summed E-state index contributed by atoms with van der Waals surface area (Å²) in [5.41, 5.74) is 0.642. The zero-order valence-electron chi connectivity index (χ0n) is 13.2. The second-order valence-electron chi connectivity index (χ2n) is 4.69. The van der Waals surface area contributed by atoms with E-state index < -0.39 is 20.7 Å². The van der Waals surface area contributed by atoms with Crippen molar-refractivity contribution in [2.75, 3.05) is 19.5 Å². The second kappa shape index (κ2) is 7.65. The molecule has 0 aromatic heterocycles. The molecule has 0 saturated carbocycles. The summed E-state index contributed by atoms with van der Waals surface area (Å²) in [6, 6.07) is 14.6. The van der Waals surface area contributed by atoms with Gasteiger partial charge in [-0.2, -0.15) is 0 Å². The van der Waals surface area contributed by atoms with Crippen LogP contribution in [0.3, 0.4) is 0 Å². The van der Waals surface area contributed by atoms with E-state index in [0.29, 0.717) is 11.4 Å². The molecule has 126 valence electrons. The van der Waals surface area contributed by atoms with Gasteiger partial charge in [-0.15, -0.1) is 0 Å². The third-order valence-corrected chi connectivity index (χ3v) is 4.95. The van der Waals surface area contributed by atoms with Gasteiger partial charge in [0.2, 0.25) is 9.84 Å². The number of rotatable bonds is 6. The number of carbonyl (C=O) groups excluding carboxylic acids is 1. The van der Waals surface area contributed by atoms with E-state index in [1.165, 1.54) is 31.4 Å². The van der Waals surface area contributed by atoms with Crippen LogP contribution in [0.15, 0.2) is 70.6 Å². The highest BCUT2D eigenvalue weighted by Gasteiger charge is 2.28. The minimum atomic E-state index is -4.04. The van der Waals surface area contributed by atoms with Crippen molar-refractivity contribution in [1.29, 1.82) is 0 Å². The highest BCUT2D eigenvalue weighted by atomic mass is 32.2. The van der Waals surface area contributed by atoms with Gasteiger partial charge in [0.25, 0.3) is 0 Å². The summed E-state index contributed by atoms with van der Waals surface area (Å²) in [5, 5.41) is 2.79. The Hall–Kier alpha value is -2.80. The van der Waals surface area contributed by atoms with E-state index in [-0.39, 0.29) is 4.90 Å². The summed E-state index contributed by atoms with van der Waals surface area (Å²) in [6.07, 6.45) is 1.13. The Labute approximate surface area is 140 Å². The molecular weight excluding hydrogens is 330 g/mol. The lowest BCUT2D eigenvalue weighted by atomic mass is 10.3. The fraction of sp³-hybridized carbons (Fsp3) is 0.118. The minimum absolute atomic E-state index is 0.0326. The summed E-state index contributed by atoms with van der Waals surface area (Å²) < 4.78 is 35.0. The number of para-hydroxylation sites is 1. The SMILES string of the molecule is COC(=O)/C(=C\Nc1ccccc1)S(=O)(=O)c1ccc(OC)cc1. The molecular formula is C17H17NO5S. The Morgan fingerprint density at radius 1 is 1.00 bits per heavy atom. The predicted octanol–water partition coefficient (Wildman–Crippen LogP) is 2.60. The zero-order chi connectivity index (χ0) is 17.6. The van der Waals surface area contributed by atoms with Crippen LogP contribution in [0.2, 0.25) is 0 Å². The number of ether oxygens (including phenoxy) is 2. The Morgan fingerprint density at radius 3 is 2.17 bits per heavy atom. The maximum absolute atomic E-state index is 12.7. The predicted molar refractivity (Wildman–Crippen MR) is 90.3 cm³/mol. The van der Waals surface area contributed by atoms with Gasteiger partial charge in [0.15, 0.2) is 4.91 Å². The van der Waals surface area contributed by atoms with Crippen LogP contribution in [0.5, 0.6) is 5.75 Å². The fourth-order valence-electron chi connectivity index (χ4n) is 1.91. The smallest absolute Gasteiger partial charge is 0.351 e. The molecule has 7 heteroatoms. The Balaban J connectivity index is 2.40. The van der Waals surface area contributed by atoms with Crippen LogP contribution >= 0.6 is 0 Å². The standard InChI is InChI=1S/C17H17NO5S/c1-22-14-8-10-15(11-9-14)24(20,21)16(17(19)23-2)12-18-13-6-4-3-5-7-13/h3-12,18H,1-2H3/b16-12+. The van der Waals surface area contributed by atoms with Crippen molar-refractivity contribution in [1.82, 2.24) is 0 Å². The molecule has 24 heavy (non-hydrogen) atoms. The van der Waals surface area contributed by atoms with Gasteiger partial charge in [-0.25, -0.2) is 13.2 Å². The summed E-state index contributed by atoms with van der Waals surface area (Å²) in [6.45, 7) is 0. The summed E-state index contributed by atoms with van der Waals surface area (Å²) in [5.74, 6) is -0.436. The molecule has 0 saturated heterocycles. The third kappa shape index (κ3) is 3.94. The quantitative estimate of drug-likeness (QED) is 0.639.